The molecule has 2 amide bonds. The molecule has 1 aliphatic heterocycles. The minimum Gasteiger partial charge on any atom is -0.457 e. The van der Waals surface area contributed by atoms with Crippen LogP contribution in [0.2, 0.25) is 0 Å². The maximum Gasteiger partial charge on any atom is 0.230 e. The molecule has 0 saturated heterocycles. The number of para-hydroxylation sites is 2. The van der Waals surface area contributed by atoms with Crippen LogP contribution in [-0.2, 0) is 9.59 Å². The van der Waals surface area contributed by atoms with Gasteiger partial charge < -0.3 is 16.2 Å². The Hall–Kier alpha value is -2.82. The Morgan fingerprint density at radius 1 is 0.857 bits per heavy atom. The molecule has 0 bridgehead atoms. The molecule has 0 saturated carbocycles. The summed E-state index contributed by atoms with van der Waals surface area (Å²) in [6, 6.07) is 14.5. The summed E-state index contributed by atoms with van der Waals surface area (Å²) >= 11 is 0. The van der Waals surface area contributed by atoms with Crippen LogP contribution in [0.5, 0.6) is 11.5 Å². The van der Waals surface area contributed by atoms with Crippen molar-refractivity contribution in [1.82, 2.24) is 0 Å². The Kier molecular flexibility index (Phi) is 3.10. The van der Waals surface area contributed by atoms with Crippen molar-refractivity contribution in [2.75, 3.05) is 0 Å². The van der Waals surface area contributed by atoms with Crippen LogP contribution in [0.1, 0.15) is 17.0 Å². The highest BCUT2D eigenvalue weighted by Crippen LogP contribution is 2.47. The molecule has 2 aromatic rings. The molecule has 1 heterocycles. The number of carbonyl (C=O) groups is 2. The summed E-state index contributed by atoms with van der Waals surface area (Å²) in [4.78, 5) is 23.5. The van der Waals surface area contributed by atoms with E-state index in [2.05, 4.69) is 0 Å². The van der Waals surface area contributed by atoms with Gasteiger partial charge in [0, 0.05) is 17.0 Å². The van der Waals surface area contributed by atoms with Crippen LogP contribution < -0.4 is 16.2 Å². The molecule has 3 rings (SSSR count). The van der Waals surface area contributed by atoms with E-state index in [0.29, 0.717) is 11.5 Å². The van der Waals surface area contributed by atoms with Gasteiger partial charge >= 0.3 is 0 Å². The first kappa shape index (κ1) is 13.2. The zero-order chi connectivity index (χ0) is 15.0. The predicted octanol–water partition coefficient (Wildman–Crippen LogP) is 1.51. The van der Waals surface area contributed by atoms with E-state index < -0.39 is 23.7 Å². The van der Waals surface area contributed by atoms with Gasteiger partial charge in [-0.1, -0.05) is 36.4 Å². The van der Waals surface area contributed by atoms with E-state index in [9.17, 15) is 9.59 Å². The van der Waals surface area contributed by atoms with Gasteiger partial charge in [0.05, 0.1) is 0 Å². The van der Waals surface area contributed by atoms with Crippen molar-refractivity contribution in [2.45, 2.75) is 5.92 Å². The SMILES string of the molecule is NC(=O)C(C(N)=O)C1c2ccccc2Oc2ccccc21. The number of rotatable bonds is 3. The summed E-state index contributed by atoms with van der Waals surface area (Å²) in [5.41, 5.74) is 12.3. The molecule has 1 aliphatic rings. The van der Waals surface area contributed by atoms with Crippen LogP contribution in [-0.4, -0.2) is 11.8 Å². The van der Waals surface area contributed by atoms with Crippen LogP contribution >= 0.6 is 0 Å². The van der Waals surface area contributed by atoms with Gasteiger partial charge in [0.2, 0.25) is 11.8 Å². The van der Waals surface area contributed by atoms with E-state index >= 15 is 0 Å². The van der Waals surface area contributed by atoms with Gasteiger partial charge in [-0.05, 0) is 12.1 Å². The summed E-state index contributed by atoms with van der Waals surface area (Å²) in [7, 11) is 0. The number of primary amides is 2. The van der Waals surface area contributed by atoms with Gasteiger partial charge in [-0.25, -0.2) is 0 Å². The number of ether oxygens (including phenoxy) is 1. The Bertz CT molecular complexity index is 667. The molecular weight excluding hydrogens is 268 g/mol. The second kappa shape index (κ2) is 4.94. The fraction of sp³-hybridized carbons (Fsp3) is 0.125. The van der Waals surface area contributed by atoms with Crippen LogP contribution in [0, 0.1) is 5.92 Å². The molecular formula is C16H14N2O3. The summed E-state index contributed by atoms with van der Waals surface area (Å²) in [5, 5.41) is 0. The summed E-state index contributed by atoms with van der Waals surface area (Å²) in [6.07, 6.45) is 0. The Balaban J connectivity index is 2.23. The Morgan fingerprint density at radius 3 is 1.71 bits per heavy atom. The number of benzene rings is 2. The van der Waals surface area contributed by atoms with E-state index in [-0.39, 0.29) is 0 Å². The largest absolute Gasteiger partial charge is 0.457 e. The van der Waals surface area contributed by atoms with Crippen molar-refractivity contribution in [3.8, 4) is 11.5 Å². The first-order valence-electron chi connectivity index (χ1n) is 6.54. The van der Waals surface area contributed by atoms with Gasteiger partial charge in [-0.3, -0.25) is 9.59 Å². The zero-order valence-electron chi connectivity index (χ0n) is 11.2. The Morgan fingerprint density at radius 2 is 1.29 bits per heavy atom. The molecule has 2 aromatic carbocycles. The molecule has 0 fully saturated rings. The van der Waals surface area contributed by atoms with Crippen molar-refractivity contribution in [3.63, 3.8) is 0 Å². The van der Waals surface area contributed by atoms with Gasteiger partial charge in [0.15, 0.2) is 0 Å². The first-order chi connectivity index (χ1) is 10.1. The summed E-state index contributed by atoms with van der Waals surface area (Å²) in [6.45, 7) is 0. The smallest absolute Gasteiger partial charge is 0.230 e. The van der Waals surface area contributed by atoms with E-state index in [1.54, 1.807) is 12.1 Å². The van der Waals surface area contributed by atoms with Crippen LogP contribution in [0.15, 0.2) is 48.5 Å². The molecule has 5 nitrogen and oxygen atoms in total. The number of fused-ring (bicyclic) bond motifs is 2. The first-order valence-corrected chi connectivity index (χ1v) is 6.54. The van der Waals surface area contributed by atoms with Crippen LogP contribution in [0.4, 0.5) is 0 Å². The van der Waals surface area contributed by atoms with E-state index in [4.69, 9.17) is 16.2 Å². The molecule has 106 valence electrons. The van der Waals surface area contributed by atoms with Gasteiger partial charge in [-0.15, -0.1) is 0 Å². The molecule has 21 heavy (non-hydrogen) atoms. The lowest BCUT2D eigenvalue weighted by Crippen LogP contribution is -2.40. The molecule has 0 spiro atoms. The Labute approximate surface area is 121 Å². The minimum atomic E-state index is -1.11. The molecule has 5 heteroatoms. The quantitative estimate of drug-likeness (QED) is 0.835. The van der Waals surface area contributed by atoms with E-state index in [0.717, 1.165) is 11.1 Å². The lowest BCUT2D eigenvalue weighted by molar-refractivity contribution is -0.132. The van der Waals surface area contributed by atoms with Gasteiger partial charge in [0.1, 0.15) is 17.4 Å². The molecule has 0 radical (unpaired) electrons. The van der Waals surface area contributed by atoms with Crippen molar-refractivity contribution in [2.24, 2.45) is 17.4 Å². The van der Waals surface area contributed by atoms with Crippen molar-refractivity contribution >= 4 is 11.8 Å². The van der Waals surface area contributed by atoms with E-state index in [1.807, 2.05) is 36.4 Å². The van der Waals surface area contributed by atoms with Crippen molar-refractivity contribution in [1.29, 1.82) is 0 Å². The molecule has 0 aromatic heterocycles. The van der Waals surface area contributed by atoms with Crippen molar-refractivity contribution < 1.29 is 14.3 Å². The number of amides is 2. The number of hydrogen-bond donors (Lipinski definition) is 2. The highest BCUT2D eigenvalue weighted by Gasteiger charge is 2.39. The van der Waals surface area contributed by atoms with E-state index in [1.165, 1.54) is 0 Å². The fourth-order valence-corrected chi connectivity index (χ4v) is 2.77. The zero-order valence-corrected chi connectivity index (χ0v) is 11.2. The molecule has 0 aliphatic carbocycles. The normalized spacial score (nSPS) is 13.2. The standard InChI is InChI=1S/C16H14N2O3/c17-15(19)14(16(18)20)13-9-5-1-3-7-11(9)21-12-8-4-2-6-10(12)13/h1-8,13-14H,(H2,17,19)(H2,18,20). The number of hydrogen-bond acceptors (Lipinski definition) is 3. The van der Waals surface area contributed by atoms with Crippen molar-refractivity contribution in [3.05, 3.63) is 59.7 Å². The average Bonchev–Trinajstić information content (AvgIpc) is 2.46. The maximum absolute atomic E-state index is 11.7. The third kappa shape index (κ3) is 2.12. The topological polar surface area (TPSA) is 95.4 Å². The number of carbonyl (C=O) groups excluding carboxylic acids is 2. The van der Waals surface area contributed by atoms with Gasteiger partial charge in [0.25, 0.3) is 0 Å². The number of nitrogens with two attached hydrogens (primary N) is 2. The highest BCUT2D eigenvalue weighted by molar-refractivity contribution is 6.00. The fourth-order valence-electron chi connectivity index (χ4n) is 2.77. The summed E-state index contributed by atoms with van der Waals surface area (Å²) < 4.78 is 5.81. The highest BCUT2D eigenvalue weighted by atomic mass is 16.5. The average molecular weight is 282 g/mol. The van der Waals surface area contributed by atoms with Gasteiger partial charge in [-0.2, -0.15) is 0 Å². The molecule has 0 atom stereocenters. The third-order valence-electron chi connectivity index (χ3n) is 3.67. The predicted molar refractivity (Wildman–Crippen MR) is 76.7 cm³/mol. The third-order valence-corrected chi connectivity index (χ3v) is 3.67. The lowest BCUT2D eigenvalue weighted by Gasteiger charge is -2.31. The van der Waals surface area contributed by atoms with Crippen LogP contribution in [0.25, 0.3) is 0 Å². The lowest BCUT2D eigenvalue weighted by atomic mass is 9.78. The maximum atomic E-state index is 11.7. The monoisotopic (exact) mass is 282 g/mol. The second-order valence-corrected chi connectivity index (χ2v) is 4.94. The molecule has 0 unspecified atom stereocenters. The summed E-state index contributed by atoms with van der Waals surface area (Å²) in [5.74, 6) is -1.90. The minimum absolute atomic E-state index is 0.527. The second-order valence-electron chi connectivity index (χ2n) is 4.94. The van der Waals surface area contributed by atoms with Crippen LogP contribution in [0.3, 0.4) is 0 Å². The molecule has 4 N–H and O–H groups in total.